The van der Waals surface area contributed by atoms with E-state index >= 15 is 0 Å². The summed E-state index contributed by atoms with van der Waals surface area (Å²) in [6.45, 7) is 0. The number of rotatable bonds is 6. The van der Waals surface area contributed by atoms with E-state index in [-0.39, 0.29) is 27.9 Å². The van der Waals surface area contributed by atoms with E-state index in [1.165, 1.54) is 12.1 Å². The first kappa shape index (κ1) is 23.1. The fourth-order valence-corrected chi connectivity index (χ4v) is 3.81. The molecule has 0 aliphatic heterocycles. The number of nitrogens with one attached hydrogen (secondary N) is 2. The van der Waals surface area contributed by atoms with Crippen LogP contribution in [0.3, 0.4) is 0 Å². The third-order valence-electron chi connectivity index (χ3n) is 4.61. The van der Waals surface area contributed by atoms with Crippen LogP contribution in [0.4, 0.5) is 5.69 Å². The van der Waals surface area contributed by atoms with Crippen molar-refractivity contribution in [3.8, 4) is 22.9 Å². The monoisotopic (exact) mass is 464 g/mol. The highest BCUT2D eigenvalue weighted by atomic mass is 32.2. The minimum atomic E-state index is -4.26. The van der Waals surface area contributed by atoms with Crippen molar-refractivity contribution in [3.05, 3.63) is 77.4 Å². The van der Waals surface area contributed by atoms with E-state index in [4.69, 9.17) is 15.8 Å². The van der Waals surface area contributed by atoms with Gasteiger partial charge in [0.1, 0.15) is 11.5 Å². The average Bonchev–Trinajstić information content (AvgIpc) is 2.78. The number of amides is 1. The number of nitrogens with zero attached hydrogens (tertiary/aromatic N) is 1. The Balaban J connectivity index is 2.05. The first-order valence-electron chi connectivity index (χ1n) is 9.16. The molecule has 0 aromatic heterocycles. The summed E-state index contributed by atoms with van der Waals surface area (Å²) in [5.41, 5.74) is -1.06. The van der Waals surface area contributed by atoms with Gasteiger partial charge in [0.05, 0.1) is 27.8 Å². The molecule has 0 aliphatic carbocycles. The highest BCUT2D eigenvalue weighted by Gasteiger charge is 2.24. The van der Waals surface area contributed by atoms with Crippen molar-refractivity contribution in [2.24, 2.45) is 5.14 Å². The Labute approximate surface area is 188 Å². The fraction of sp³-hybridized carbons (Fsp3) is 0. The van der Waals surface area contributed by atoms with Gasteiger partial charge in [-0.15, -0.1) is 0 Å². The van der Waals surface area contributed by atoms with Crippen molar-refractivity contribution in [2.75, 3.05) is 5.32 Å². The maximum absolute atomic E-state index is 12.7. The normalized spacial score (nSPS) is 10.8. The van der Waals surface area contributed by atoms with E-state index in [2.05, 4.69) is 5.32 Å². The number of phenols is 1. The maximum atomic E-state index is 12.7. The van der Waals surface area contributed by atoms with Crippen molar-refractivity contribution < 1.29 is 28.2 Å². The molecule has 166 valence electrons. The summed E-state index contributed by atoms with van der Waals surface area (Å²) in [6, 6.07) is 15.5. The number of carboxylic acids is 1. The number of nitriles is 1. The highest BCUT2D eigenvalue weighted by molar-refractivity contribution is 7.89. The molecule has 3 aromatic rings. The largest absolute Gasteiger partial charge is 0.507 e. The average molecular weight is 464 g/mol. The van der Waals surface area contributed by atoms with Crippen LogP contribution in [0.2, 0.25) is 0 Å². The van der Waals surface area contributed by atoms with Gasteiger partial charge < -0.3 is 15.5 Å². The van der Waals surface area contributed by atoms with Crippen LogP contribution < -0.4 is 10.5 Å². The Kier molecular flexibility index (Phi) is 6.25. The Hall–Kier alpha value is -4.53. The number of carboxylic acid groups (broad SMARTS) is 1. The predicted octanol–water partition coefficient (Wildman–Crippen LogP) is 2.28. The zero-order valence-electron chi connectivity index (χ0n) is 16.7. The van der Waals surface area contributed by atoms with Gasteiger partial charge >= 0.3 is 5.97 Å². The summed E-state index contributed by atoms with van der Waals surface area (Å²) in [5, 5.41) is 44.4. The number of anilines is 1. The van der Waals surface area contributed by atoms with E-state index in [9.17, 15) is 28.2 Å². The number of sulfonamides is 1. The second kappa shape index (κ2) is 8.91. The molecule has 0 spiro atoms. The lowest BCUT2D eigenvalue weighted by Crippen LogP contribution is -2.24. The van der Waals surface area contributed by atoms with Gasteiger partial charge in [-0.05, 0) is 29.8 Å². The minimum Gasteiger partial charge on any atom is -0.507 e. The standard InChI is InChI=1S/C22H16N4O6S/c23-11-12-6-7-17(15(8-12)22(29)30)26-21(28)20(24)16-9-14(13-4-2-1-3-5-13)19(10-18(16)27)33(25,31)32/h1-10,24,27H,(H,26,28)(H,29,30)(H2,25,31,32). The predicted molar refractivity (Wildman–Crippen MR) is 118 cm³/mol. The zero-order chi connectivity index (χ0) is 24.3. The molecule has 0 fully saturated rings. The third-order valence-corrected chi connectivity index (χ3v) is 5.56. The summed E-state index contributed by atoms with van der Waals surface area (Å²) < 4.78 is 24.1. The fourth-order valence-electron chi connectivity index (χ4n) is 3.05. The minimum absolute atomic E-state index is 0.0594. The number of hydrogen-bond donors (Lipinski definition) is 5. The van der Waals surface area contributed by atoms with Crippen molar-refractivity contribution in [1.82, 2.24) is 0 Å². The van der Waals surface area contributed by atoms with Crippen LogP contribution in [0.15, 0.2) is 65.6 Å². The van der Waals surface area contributed by atoms with Crippen LogP contribution in [-0.4, -0.2) is 36.2 Å². The number of aromatic carboxylic acids is 1. The second-order valence-electron chi connectivity index (χ2n) is 6.78. The molecule has 10 nitrogen and oxygen atoms in total. The number of primary sulfonamides is 1. The van der Waals surface area contributed by atoms with Crippen LogP contribution in [0.25, 0.3) is 11.1 Å². The number of aromatic hydroxyl groups is 1. The summed E-state index contributed by atoms with van der Waals surface area (Å²) in [7, 11) is -4.26. The molecule has 0 heterocycles. The Bertz CT molecular complexity index is 1440. The van der Waals surface area contributed by atoms with E-state index in [1.807, 2.05) is 0 Å². The second-order valence-corrected chi connectivity index (χ2v) is 8.31. The third kappa shape index (κ3) is 4.87. The van der Waals surface area contributed by atoms with Crippen LogP contribution in [-0.2, 0) is 14.8 Å². The Morgan fingerprint density at radius 2 is 1.70 bits per heavy atom. The molecular weight excluding hydrogens is 448 g/mol. The smallest absolute Gasteiger partial charge is 0.337 e. The summed E-state index contributed by atoms with van der Waals surface area (Å²) in [4.78, 5) is 23.8. The number of carbonyl (C=O) groups is 2. The molecule has 0 unspecified atom stereocenters. The van der Waals surface area contributed by atoms with Crippen molar-refractivity contribution >= 4 is 33.3 Å². The Morgan fingerprint density at radius 3 is 2.27 bits per heavy atom. The van der Waals surface area contributed by atoms with Gasteiger partial charge in [-0.2, -0.15) is 5.26 Å². The molecule has 33 heavy (non-hydrogen) atoms. The topological polar surface area (TPSA) is 194 Å². The van der Waals surface area contributed by atoms with Crippen molar-refractivity contribution in [1.29, 1.82) is 10.7 Å². The number of benzene rings is 3. The highest BCUT2D eigenvalue weighted by Crippen LogP contribution is 2.33. The van der Waals surface area contributed by atoms with Gasteiger partial charge in [-0.1, -0.05) is 30.3 Å². The molecule has 0 radical (unpaired) electrons. The van der Waals surface area contributed by atoms with E-state index < -0.39 is 38.3 Å². The molecule has 0 atom stereocenters. The lowest BCUT2D eigenvalue weighted by Gasteiger charge is -2.14. The van der Waals surface area contributed by atoms with Crippen LogP contribution in [0.5, 0.6) is 5.75 Å². The van der Waals surface area contributed by atoms with Gasteiger partial charge in [-0.3, -0.25) is 10.2 Å². The Morgan fingerprint density at radius 1 is 1.03 bits per heavy atom. The molecule has 0 saturated carbocycles. The molecule has 6 N–H and O–H groups in total. The lowest BCUT2D eigenvalue weighted by molar-refractivity contribution is -0.110. The SMILES string of the molecule is N#Cc1ccc(NC(=O)C(=N)c2cc(-c3ccccc3)c(S(N)(=O)=O)cc2O)c(C(=O)O)c1. The first-order chi connectivity index (χ1) is 15.5. The number of nitrogens with two attached hydrogens (primary N) is 1. The number of carbonyl (C=O) groups excluding carboxylic acids is 1. The number of phenolic OH excluding ortho intramolecular Hbond substituents is 1. The molecule has 0 saturated heterocycles. The van der Waals surface area contributed by atoms with Crippen LogP contribution in [0.1, 0.15) is 21.5 Å². The zero-order valence-corrected chi connectivity index (χ0v) is 17.6. The maximum Gasteiger partial charge on any atom is 0.337 e. The molecule has 0 bridgehead atoms. The van der Waals surface area contributed by atoms with Gasteiger partial charge in [0.2, 0.25) is 10.0 Å². The van der Waals surface area contributed by atoms with E-state index in [1.54, 1.807) is 36.4 Å². The van der Waals surface area contributed by atoms with Crippen LogP contribution in [0, 0.1) is 16.7 Å². The van der Waals surface area contributed by atoms with Crippen molar-refractivity contribution in [2.45, 2.75) is 4.90 Å². The van der Waals surface area contributed by atoms with Gasteiger partial charge in [0.25, 0.3) is 5.91 Å². The first-order valence-corrected chi connectivity index (χ1v) is 10.7. The van der Waals surface area contributed by atoms with E-state index in [0.717, 1.165) is 18.2 Å². The van der Waals surface area contributed by atoms with Gasteiger partial charge in [0.15, 0.2) is 0 Å². The summed E-state index contributed by atoms with van der Waals surface area (Å²) in [5.74, 6) is -3.15. The molecule has 0 aliphatic rings. The molecular formula is C22H16N4O6S. The molecule has 3 rings (SSSR count). The number of hydrogen-bond acceptors (Lipinski definition) is 7. The molecule has 1 amide bonds. The van der Waals surface area contributed by atoms with Crippen LogP contribution >= 0.6 is 0 Å². The summed E-state index contributed by atoms with van der Waals surface area (Å²) in [6.07, 6.45) is 0. The quantitative estimate of drug-likeness (QED) is 0.345. The molecule has 3 aromatic carbocycles. The summed E-state index contributed by atoms with van der Waals surface area (Å²) >= 11 is 0. The lowest BCUT2D eigenvalue weighted by atomic mass is 9.99. The molecule has 11 heteroatoms. The van der Waals surface area contributed by atoms with Gasteiger partial charge in [-0.25, -0.2) is 18.4 Å². The van der Waals surface area contributed by atoms with Gasteiger partial charge in [0, 0.05) is 17.2 Å². The van der Waals surface area contributed by atoms with E-state index in [0.29, 0.717) is 5.56 Å². The van der Waals surface area contributed by atoms with Crippen molar-refractivity contribution in [3.63, 3.8) is 0 Å².